The van der Waals surface area contributed by atoms with Gasteiger partial charge in [-0.2, -0.15) is 4.99 Å². The van der Waals surface area contributed by atoms with Gasteiger partial charge in [-0.25, -0.2) is 4.79 Å². The number of anilines is 1. The van der Waals surface area contributed by atoms with E-state index in [2.05, 4.69) is 4.99 Å². The predicted octanol–water partition coefficient (Wildman–Crippen LogP) is 2.40. The van der Waals surface area contributed by atoms with E-state index >= 15 is 0 Å². The van der Waals surface area contributed by atoms with Gasteiger partial charge in [0.15, 0.2) is 0 Å². The molecule has 0 saturated carbocycles. The molecule has 1 heterocycles. The molecule has 1 aliphatic rings. The molecule has 0 atom stereocenters. The molecule has 2 rings (SSSR count). The molecule has 0 saturated heterocycles. The molecule has 0 radical (unpaired) electrons. The van der Waals surface area contributed by atoms with Gasteiger partial charge in [-0.15, -0.1) is 0 Å². The van der Waals surface area contributed by atoms with Gasteiger partial charge in [-0.05, 0) is 39.0 Å². The van der Waals surface area contributed by atoms with Crippen LogP contribution in [0.4, 0.5) is 10.5 Å². The first kappa shape index (κ1) is 15.0. The van der Waals surface area contributed by atoms with Crippen LogP contribution < -0.4 is 9.64 Å². The summed E-state index contributed by atoms with van der Waals surface area (Å²) in [6, 6.07) is 5.18. The van der Waals surface area contributed by atoms with Crippen molar-refractivity contribution in [3.63, 3.8) is 0 Å². The largest absolute Gasteiger partial charge is 0.497 e. The molecular formula is C15H18N2O4. The lowest BCUT2D eigenvalue weighted by Crippen LogP contribution is -2.27. The third kappa shape index (κ3) is 3.04. The highest BCUT2D eigenvalue weighted by Gasteiger charge is 2.33. The Morgan fingerprint density at radius 1 is 1.29 bits per heavy atom. The molecule has 1 aromatic rings. The van der Waals surface area contributed by atoms with Crippen LogP contribution in [0.5, 0.6) is 5.75 Å². The monoisotopic (exact) mass is 290 g/mol. The van der Waals surface area contributed by atoms with Crippen molar-refractivity contribution in [2.24, 2.45) is 4.99 Å². The van der Waals surface area contributed by atoms with Crippen molar-refractivity contribution in [1.29, 1.82) is 0 Å². The quantitative estimate of drug-likeness (QED) is 0.796. The topological polar surface area (TPSA) is 68.2 Å². The molecule has 1 aliphatic heterocycles. The Labute approximate surface area is 123 Å². The molecule has 0 aromatic heterocycles. The molecule has 6 nitrogen and oxygen atoms in total. The molecule has 0 N–H and O–H groups in total. The summed E-state index contributed by atoms with van der Waals surface area (Å²) in [4.78, 5) is 29.3. The van der Waals surface area contributed by atoms with Crippen molar-refractivity contribution in [2.45, 2.75) is 26.4 Å². The number of hydrogen-bond acceptors (Lipinski definition) is 4. The third-order valence-corrected chi connectivity index (χ3v) is 2.92. The predicted molar refractivity (Wildman–Crippen MR) is 79.2 cm³/mol. The number of likely N-dealkylation sites (N-methyl/N-ethyl adjacent to an activating group) is 1. The highest BCUT2D eigenvalue weighted by atomic mass is 16.6. The van der Waals surface area contributed by atoms with Crippen molar-refractivity contribution < 1.29 is 19.1 Å². The number of carbonyl (C=O) groups excluding carboxylic acids is 2. The van der Waals surface area contributed by atoms with Crippen LogP contribution in [0.2, 0.25) is 0 Å². The first-order valence-electron chi connectivity index (χ1n) is 6.51. The summed E-state index contributed by atoms with van der Waals surface area (Å²) >= 11 is 0. The van der Waals surface area contributed by atoms with E-state index < -0.39 is 11.7 Å². The number of carbonyl (C=O) groups is 2. The zero-order valence-electron chi connectivity index (χ0n) is 12.8. The van der Waals surface area contributed by atoms with Gasteiger partial charge in [0.2, 0.25) is 0 Å². The van der Waals surface area contributed by atoms with Crippen LogP contribution in [0.1, 0.15) is 26.3 Å². The van der Waals surface area contributed by atoms with Crippen molar-refractivity contribution in [1.82, 2.24) is 0 Å². The van der Waals surface area contributed by atoms with Crippen LogP contribution >= 0.6 is 0 Å². The molecular weight excluding hydrogens is 272 g/mol. The van der Waals surface area contributed by atoms with Gasteiger partial charge in [0.25, 0.3) is 5.91 Å². The minimum Gasteiger partial charge on any atom is -0.497 e. The van der Waals surface area contributed by atoms with Gasteiger partial charge >= 0.3 is 6.09 Å². The number of rotatable bonds is 1. The molecule has 0 spiro atoms. The lowest BCUT2D eigenvalue weighted by molar-refractivity contribution is -0.112. The van der Waals surface area contributed by atoms with Crippen LogP contribution in [0.25, 0.3) is 0 Å². The maximum Gasteiger partial charge on any atom is 0.434 e. The Bertz CT molecular complexity index is 629. The van der Waals surface area contributed by atoms with E-state index in [9.17, 15) is 9.59 Å². The number of hydrogen-bond donors (Lipinski definition) is 0. The summed E-state index contributed by atoms with van der Waals surface area (Å²) < 4.78 is 10.3. The molecule has 6 heteroatoms. The zero-order valence-corrected chi connectivity index (χ0v) is 12.8. The Hall–Kier alpha value is -2.37. The second kappa shape index (κ2) is 5.20. The van der Waals surface area contributed by atoms with E-state index in [4.69, 9.17) is 9.47 Å². The maximum atomic E-state index is 12.2. The van der Waals surface area contributed by atoms with Crippen molar-refractivity contribution in [2.75, 3.05) is 19.1 Å². The summed E-state index contributed by atoms with van der Waals surface area (Å²) in [6.07, 6.45) is -0.782. The van der Waals surface area contributed by atoms with Crippen LogP contribution in [0, 0.1) is 0 Å². The minimum atomic E-state index is -0.782. The highest BCUT2D eigenvalue weighted by Crippen LogP contribution is 2.31. The fourth-order valence-electron chi connectivity index (χ4n) is 1.99. The molecule has 0 fully saturated rings. The first-order chi connectivity index (χ1) is 9.73. The normalized spacial score (nSPS) is 16.1. The van der Waals surface area contributed by atoms with Gasteiger partial charge < -0.3 is 14.4 Å². The molecule has 0 bridgehead atoms. The molecule has 1 aromatic carbocycles. The minimum absolute atomic E-state index is 0.0700. The number of amides is 2. The smallest absolute Gasteiger partial charge is 0.434 e. The highest BCUT2D eigenvalue weighted by molar-refractivity contribution is 6.55. The number of methoxy groups -OCH3 is 1. The SMILES string of the molecule is COc1ccc2c(c1)/C(=N\C(=O)OC(C)(C)C)C(=O)N2C. The zero-order chi connectivity index (χ0) is 15.8. The van der Waals surface area contributed by atoms with Crippen molar-refractivity contribution in [3.05, 3.63) is 23.8 Å². The average Bonchev–Trinajstić information content (AvgIpc) is 2.61. The van der Waals surface area contributed by atoms with Crippen LogP contribution in [0.3, 0.4) is 0 Å². The molecule has 2 amide bonds. The summed E-state index contributed by atoms with van der Waals surface area (Å²) in [5, 5.41) is 0. The van der Waals surface area contributed by atoms with Crippen LogP contribution in [-0.4, -0.2) is 37.5 Å². The third-order valence-electron chi connectivity index (χ3n) is 2.92. The Balaban J connectivity index is 2.42. The van der Waals surface area contributed by atoms with Crippen LogP contribution in [0.15, 0.2) is 23.2 Å². The Kier molecular flexibility index (Phi) is 3.72. The molecule has 112 valence electrons. The molecule has 0 unspecified atom stereocenters. The summed E-state index contributed by atoms with van der Waals surface area (Å²) in [7, 11) is 3.16. The first-order valence-corrected chi connectivity index (χ1v) is 6.51. The molecule has 21 heavy (non-hydrogen) atoms. The van der Waals surface area contributed by atoms with Gasteiger partial charge in [0, 0.05) is 12.6 Å². The van der Waals surface area contributed by atoms with E-state index in [1.165, 1.54) is 12.0 Å². The van der Waals surface area contributed by atoms with Gasteiger partial charge in [0.05, 0.1) is 12.8 Å². The average molecular weight is 290 g/mol. The summed E-state index contributed by atoms with van der Waals surface area (Å²) in [6.45, 7) is 5.22. The maximum absolute atomic E-state index is 12.2. The van der Waals surface area contributed by atoms with Gasteiger partial charge in [-0.3, -0.25) is 4.79 Å². The standard InChI is InChI=1S/C15H18N2O4/c1-15(2,3)21-14(19)16-12-10-8-9(20-5)6-7-11(10)17(4)13(12)18/h6-8H,1-5H3/b16-12+. The van der Waals surface area contributed by atoms with Crippen molar-refractivity contribution >= 4 is 23.4 Å². The number of nitrogens with zero attached hydrogens (tertiary/aromatic N) is 2. The van der Waals surface area contributed by atoms with Crippen molar-refractivity contribution in [3.8, 4) is 5.75 Å². The number of fused-ring (bicyclic) bond motifs is 1. The lowest BCUT2D eigenvalue weighted by atomic mass is 10.1. The summed E-state index contributed by atoms with van der Waals surface area (Å²) in [5.74, 6) is 0.248. The second-order valence-electron chi connectivity index (χ2n) is 5.69. The van der Waals surface area contributed by atoms with E-state index in [1.54, 1.807) is 46.0 Å². The number of aliphatic imine (C=N–C) groups is 1. The Morgan fingerprint density at radius 3 is 2.52 bits per heavy atom. The number of benzene rings is 1. The van der Waals surface area contributed by atoms with Crippen LogP contribution in [-0.2, 0) is 9.53 Å². The summed E-state index contributed by atoms with van der Waals surface area (Å²) in [5.41, 5.74) is 0.655. The van der Waals surface area contributed by atoms with E-state index in [0.717, 1.165) is 0 Å². The fourth-order valence-corrected chi connectivity index (χ4v) is 1.99. The van der Waals surface area contributed by atoms with E-state index in [-0.39, 0.29) is 11.6 Å². The fraction of sp³-hybridized carbons (Fsp3) is 0.400. The number of ether oxygens (including phenoxy) is 2. The Morgan fingerprint density at radius 2 is 1.95 bits per heavy atom. The van der Waals surface area contributed by atoms with E-state index in [1.807, 2.05) is 0 Å². The van der Waals surface area contributed by atoms with Gasteiger partial charge in [-0.1, -0.05) is 0 Å². The second-order valence-corrected chi connectivity index (χ2v) is 5.69. The van der Waals surface area contributed by atoms with Gasteiger partial charge in [0.1, 0.15) is 17.1 Å². The lowest BCUT2D eigenvalue weighted by Gasteiger charge is -2.17. The molecule has 0 aliphatic carbocycles. The van der Waals surface area contributed by atoms with E-state index in [0.29, 0.717) is 17.0 Å².